The monoisotopic (exact) mass is 837 g/mol. The van der Waals surface area contributed by atoms with Crippen LogP contribution in [0.15, 0.2) is 65.3 Å². The molecule has 1 aromatic carbocycles. The first-order valence-corrected chi connectivity index (χ1v) is 20.4. The molecule has 1 amide bonds. The van der Waals surface area contributed by atoms with Gasteiger partial charge >= 0.3 is 23.9 Å². The predicted molar refractivity (Wildman–Crippen MR) is 214 cm³/mol. The summed E-state index contributed by atoms with van der Waals surface area (Å²) < 4.78 is 30.2. The smallest absolute Gasteiger partial charge is 0.310 e. The Balaban J connectivity index is 1.65. The van der Waals surface area contributed by atoms with Crippen LogP contribution in [0, 0.1) is 16.7 Å². The summed E-state index contributed by atoms with van der Waals surface area (Å²) >= 11 is 0. The van der Waals surface area contributed by atoms with E-state index in [0.717, 1.165) is 6.92 Å². The van der Waals surface area contributed by atoms with Crippen LogP contribution in [0.1, 0.15) is 106 Å². The second-order valence-electron chi connectivity index (χ2n) is 17.4. The fourth-order valence-electron chi connectivity index (χ4n) is 9.78. The summed E-state index contributed by atoms with van der Waals surface area (Å²) in [6, 6.07) is 7.53. The van der Waals surface area contributed by atoms with Crippen molar-refractivity contribution in [2.75, 3.05) is 6.61 Å². The van der Waals surface area contributed by atoms with Crippen molar-refractivity contribution in [3.63, 3.8) is 0 Å². The van der Waals surface area contributed by atoms with Gasteiger partial charge < -0.3 is 44.3 Å². The van der Waals surface area contributed by atoms with Crippen LogP contribution in [0.25, 0.3) is 0 Å². The number of carbonyl (C=O) groups is 6. The number of nitrogens with one attached hydrogen (secondary N) is 1. The second kappa shape index (κ2) is 17.3. The van der Waals surface area contributed by atoms with Gasteiger partial charge in [-0.1, -0.05) is 69.3 Å². The van der Waals surface area contributed by atoms with Gasteiger partial charge in [0, 0.05) is 37.2 Å². The van der Waals surface area contributed by atoms with Crippen molar-refractivity contribution in [2.45, 2.75) is 148 Å². The van der Waals surface area contributed by atoms with E-state index in [-0.39, 0.29) is 37.0 Å². The molecule has 11 atom stereocenters. The largest absolute Gasteiger partial charge is 0.461 e. The SMILES string of the molecule is C=C(C)CC(=O)O[C@H]1C2[C@](C)(C(=O)[C@H](O)C3=C(C)[C@@H](OC(=O)C[C@H](O)[C@@H](NC(=O)/C(C)=C/C)c4ccccc4)C[C@]1(O)C3(C)C)[C@@H](OC(=O)CC)C[C@H]1OC[C@@]21OC(C)=O. The van der Waals surface area contributed by atoms with Gasteiger partial charge in [-0.2, -0.15) is 0 Å². The van der Waals surface area contributed by atoms with Crippen molar-refractivity contribution in [1.82, 2.24) is 5.32 Å². The molecule has 0 radical (unpaired) electrons. The zero-order valence-electron chi connectivity index (χ0n) is 35.9. The minimum atomic E-state index is -2.31. The molecule has 328 valence electrons. The molecule has 3 aliphatic carbocycles. The fourth-order valence-corrected chi connectivity index (χ4v) is 9.78. The van der Waals surface area contributed by atoms with Crippen molar-refractivity contribution >= 4 is 35.6 Å². The standard InChI is InChI=1S/C45H59NO14/c1-11-24(5)41(54)46-36(27-16-14-13-15-17-27)28(48)19-34(51)57-29-21-45(55)40(59-33(50)18-23(3)4)38-43(10,39(53)37(52)35(25(29)6)42(45,8)9)30(58-32(49)12-2)20-31-44(38,22-56-31)60-26(7)47/h11,13-17,28-31,36-38,40,48,52,55H,3,12,18-22H2,1-2,4-10H3,(H,46,54)/b24-11+/t28-,29-,30-,31+,36-,37+,38?,40-,43+,44-,45+/m0/s1. The molecule has 5 rings (SSSR count). The van der Waals surface area contributed by atoms with E-state index in [1.54, 1.807) is 84.9 Å². The van der Waals surface area contributed by atoms with E-state index in [2.05, 4.69) is 11.9 Å². The summed E-state index contributed by atoms with van der Waals surface area (Å²) in [6.07, 6.45) is -8.88. The third-order valence-electron chi connectivity index (χ3n) is 13.2. The Labute approximate surface area is 350 Å². The van der Waals surface area contributed by atoms with E-state index in [1.807, 2.05) is 0 Å². The van der Waals surface area contributed by atoms with Gasteiger partial charge in [-0.15, -0.1) is 0 Å². The number of ether oxygens (including phenoxy) is 5. The van der Waals surface area contributed by atoms with Crippen LogP contribution in [-0.4, -0.2) is 105 Å². The van der Waals surface area contributed by atoms with Gasteiger partial charge in [-0.3, -0.25) is 28.8 Å². The Morgan fingerprint density at radius 3 is 2.22 bits per heavy atom. The lowest BCUT2D eigenvalue weighted by molar-refractivity contribution is -0.347. The lowest BCUT2D eigenvalue weighted by Crippen LogP contribution is -2.82. The van der Waals surface area contributed by atoms with Crippen LogP contribution in [0.2, 0.25) is 0 Å². The lowest BCUT2D eigenvalue weighted by Gasteiger charge is -2.67. The van der Waals surface area contributed by atoms with E-state index in [9.17, 15) is 39.3 Å². The number of fused-ring (bicyclic) bond motifs is 5. The first-order chi connectivity index (χ1) is 28.0. The van der Waals surface area contributed by atoms with Gasteiger partial charge in [0.2, 0.25) is 5.91 Å². The maximum Gasteiger partial charge on any atom is 0.310 e. The van der Waals surface area contributed by atoms with Crippen LogP contribution in [0.4, 0.5) is 0 Å². The summed E-state index contributed by atoms with van der Waals surface area (Å²) in [4.78, 5) is 81.9. The molecule has 3 fully saturated rings. The van der Waals surface area contributed by atoms with Crippen LogP contribution in [0.5, 0.6) is 0 Å². The number of Topliss-reactive ketones (excluding diaryl/α,β-unsaturated/α-hetero) is 1. The molecule has 4 aliphatic rings. The van der Waals surface area contributed by atoms with E-state index < -0.39 is 119 Å². The molecule has 60 heavy (non-hydrogen) atoms. The number of rotatable bonds is 13. The molecule has 15 nitrogen and oxygen atoms in total. The average Bonchev–Trinajstić information content (AvgIpc) is 3.17. The number of aliphatic hydroxyl groups excluding tert-OH is 2. The number of hydrogen-bond acceptors (Lipinski definition) is 14. The van der Waals surface area contributed by atoms with E-state index in [4.69, 9.17) is 23.7 Å². The van der Waals surface area contributed by atoms with Crippen molar-refractivity contribution in [1.29, 1.82) is 0 Å². The van der Waals surface area contributed by atoms with Crippen molar-refractivity contribution in [3.8, 4) is 0 Å². The molecule has 2 bridgehead atoms. The molecule has 1 saturated heterocycles. The number of allylic oxidation sites excluding steroid dienone is 1. The zero-order valence-corrected chi connectivity index (χ0v) is 35.9. The van der Waals surface area contributed by atoms with Crippen LogP contribution < -0.4 is 5.32 Å². The third-order valence-corrected chi connectivity index (χ3v) is 13.2. The molecule has 2 saturated carbocycles. The van der Waals surface area contributed by atoms with Crippen molar-refractivity contribution in [3.05, 3.63) is 70.8 Å². The van der Waals surface area contributed by atoms with Crippen LogP contribution >= 0.6 is 0 Å². The van der Waals surface area contributed by atoms with Gasteiger partial charge in [-0.05, 0) is 51.3 Å². The number of benzene rings is 1. The summed E-state index contributed by atoms with van der Waals surface area (Å²) in [5.74, 6) is -6.06. The summed E-state index contributed by atoms with van der Waals surface area (Å²) in [6.45, 7) is 17.3. The number of esters is 4. The predicted octanol–water partition coefficient (Wildman–Crippen LogP) is 3.82. The normalized spacial score (nSPS) is 32.9. The highest BCUT2D eigenvalue weighted by molar-refractivity contribution is 5.94. The van der Waals surface area contributed by atoms with Crippen molar-refractivity contribution in [2.24, 2.45) is 16.7 Å². The minimum Gasteiger partial charge on any atom is -0.461 e. The Hall–Kier alpha value is -4.70. The molecule has 1 unspecified atom stereocenters. The first kappa shape index (κ1) is 46.4. The number of aliphatic hydroxyl groups is 3. The molecule has 0 aromatic heterocycles. The zero-order chi connectivity index (χ0) is 44.7. The van der Waals surface area contributed by atoms with Crippen LogP contribution in [0.3, 0.4) is 0 Å². The minimum absolute atomic E-state index is 0.0226. The summed E-state index contributed by atoms with van der Waals surface area (Å²) in [7, 11) is 0. The summed E-state index contributed by atoms with van der Waals surface area (Å²) in [5, 5.41) is 40.1. The molecule has 1 heterocycles. The first-order valence-electron chi connectivity index (χ1n) is 20.4. The second-order valence-corrected chi connectivity index (χ2v) is 17.4. The quantitative estimate of drug-likeness (QED) is 0.0961. The Morgan fingerprint density at radius 1 is 1.02 bits per heavy atom. The number of amides is 1. The van der Waals surface area contributed by atoms with Crippen LogP contribution in [-0.2, 0) is 52.5 Å². The molecular weight excluding hydrogens is 778 g/mol. The highest BCUT2D eigenvalue weighted by Gasteiger charge is 2.78. The van der Waals surface area contributed by atoms with Gasteiger partial charge in [0.05, 0.1) is 42.9 Å². The molecule has 0 spiro atoms. The Kier molecular flexibility index (Phi) is 13.4. The highest BCUT2D eigenvalue weighted by atomic mass is 16.6. The number of carbonyl (C=O) groups excluding carboxylic acids is 6. The average molecular weight is 838 g/mol. The van der Waals surface area contributed by atoms with E-state index in [0.29, 0.717) is 16.7 Å². The Bertz CT molecular complexity index is 1970. The maximum atomic E-state index is 15.3. The lowest BCUT2D eigenvalue weighted by atomic mass is 9.44. The summed E-state index contributed by atoms with van der Waals surface area (Å²) in [5.41, 5.74) is -6.10. The number of hydrogen-bond donors (Lipinski definition) is 4. The maximum absolute atomic E-state index is 15.3. The number of ketones is 1. The molecule has 15 heteroatoms. The van der Waals surface area contributed by atoms with Gasteiger partial charge in [-0.25, -0.2) is 0 Å². The molecule has 4 N–H and O–H groups in total. The van der Waals surface area contributed by atoms with Gasteiger partial charge in [0.25, 0.3) is 0 Å². The van der Waals surface area contributed by atoms with E-state index in [1.165, 1.54) is 6.92 Å². The highest BCUT2D eigenvalue weighted by Crippen LogP contribution is 2.64. The third kappa shape index (κ3) is 8.08. The topological polar surface area (TPSA) is 221 Å². The Morgan fingerprint density at radius 2 is 1.67 bits per heavy atom. The van der Waals surface area contributed by atoms with E-state index >= 15 is 4.79 Å². The fraction of sp³-hybridized carbons (Fsp3) is 0.600. The van der Waals surface area contributed by atoms with Gasteiger partial charge in [0.15, 0.2) is 11.4 Å². The van der Waals surface area contributed by atoms with Crippen molar-refractivity contribution < 1.29 is 67.8 Å². The molecule has 1 aliphatic heterocycles. The van der Waals surface area contributed by atoms with Gasteiger partial charge in [0.1, 0.15) is 36.1 Å². The molecule has 1 aromatic rings. The molecular formula is C45H59NO14.